The number of aliphatic carboxylic acids is 1. The number of carboxylic acid groups (broad SMARTS) is 1. The van der Waals surface area contributed by atoms with Crippen LogP contribution in [-0.4, -0.2) is 55.4 Å². The fourth-order valence-electron chi connectivity index (χ4n) is 1.48. The van der Waals surface area contributed by atoms with E-state index in [1.807, 2.05) is 6.92 Å². The van der Waals surface area contributed by atoms with Crippen molar-refractivity contribution in [3.05, 3.63) is 0 Å². The standard InChI is InChI=1S/C9H17NO5S/c1-2-3-6-16(13,14)10-4-5-15-8(7-10)9(11)12/h8H,2-7H2,1H3,(H,11,12). The molecule has 0 spiro atoms. The number of rotatable bonds is 5. The first kappa shape index (κ1) is 13.4. The van der Waals surface area contributed by atoms with Gasteiger partial charge in [-0.25, -0.2) is 13.2 Å². The highest BCUT2D eigenvalue weighted by Gasteiger charge is 2.32. The summed E-state index contributed by atoms with van der Waals surface area (Å²) in [5.74, 6) is -1.04. The van der Waals surface area contributed by atoms with Crippen LogP contribution < -0.4 is 0 Å². The number of sulfonamides is 1. The highest BCUT2D eigenvalue weighted by atomic mass is 32.2. The van der Waals surface area contributed by atoms with Crippen LogP contribution in [0.15, 0.2) is 0 Å². The molecule has 1 rings (SSSR count). The molecule has 1 fully saturated rings. The Labute approximate surface area is 95.2 Å². The zero-order valence-electron chi connectivity index (χ0n) is 9.26. The molecule has 16 heavy (non-hydrogen) atoms. The van der Waals surface area contributed by atoms with Crippen LogP contribution in [0.4, 0.5) is 0 Å². The van der Waals surface area contributed by atoms with Gasteiger partial charge in [-0.1, -0.05) is 13.3 Å². The monoisotopic (exact) mass is 251 g/mol. The molecule has 6 nitrogen and oxygen atoms in total. The number of hydrogen-bond acceptors (Lipinski definition) is 4. The number of carboxylic acids is 1. The van der Waals surface area contributed by atoms with Crippen molar-refractivity contribution in [2.75, 3.05) is 25.4 Å². The first-order valence-corrected chi connectivity index (χ1v) is 6.90. The Morgan fingerprint density at radius 2 is 2.25 bits per heavy atom. The molecule has 1 saturated heterocycles. The van der Waals surface area contributed by atoms with Crippen LogP contribution in [-0.2, 0) is 19.6 Å². The van der Waals surface area contributed by atoms with Gasteiger partial charge in [0.15, 0.2) is 6.10 Å². The highest BCUT2D eigenvalue weighted by molar-refractivity contribution is 7.89. The summed E-state index contributed by atoms with van der Waals surface area (Å²) in [6.07, 6.45) is 0.355. The average molecular weight is 251 g/mol. The Morgan fingerprint density at radius 3 is 2.81 bits per heavy atom. The quantitative estimate of drug-likeness (QED) is 0.737. The van der Waals surface area contributed by atoms with Crippen LogP contribution in [0.5, 0.6) is 0 Å². The van der Waals surface area contributed by atoms with Gasteiger partial charge in [0.05, 0.1) is 18.9 Å². The predicted octanol–water partition coefficient (Wildman–Crippen LogP) is -0.0983. The molecule has 0 bridgehead atoms. The maximum atomic E-state index is 11.8. The highest BCUT2D eigenvalue weighted by Crippen LogP contribution is 2.12. The summed E-state index contributed by atoms with van der Waals surface area (Å²) in [6, 6.07) is 0. The normalized spacial score (nSPS) is 23.2. The van der Waals surface area contributed by atoms with Gasteiger partial charge in [-0.05, 0) is 6.42 Å². The molecule has 1 aliphatic heterocycles. The first-order valence-electron chi connectivity index (χ1n) is 5.29. The van der Waals surface area contributed by atoms with Gasteiger partial charge in [-0.15, -0.1) is 0 Å². The molecule has 1 heterocycles. The van der Waals surface area contributed by atoms with Crippen molar-refractivity contribution in [1.82, 2.24) is 4.31 Å². The van der Waals surface area contributed by atoms with Gasteiger partial charge in [0, 0.05) is 6.54 Å². The summed E-state index contributed by atoms with van der Waals surface area (Å²) in [5.41, 5.74) is 0. The third-order valence-electron chi connectivity index (χ3n) is 2.45. The van der Waals surface area contributed by atoms with Crippen LogP contribution in [0.1, 0.15) is 19.8 Å². The molecule has 0 radical (unpaired) electrons. The third kappa shape index (κ3) is 3.43. The fourth-order valence-corrected chi connectivity index (χ4v) is 3.11. The molecular formula is C9H17NO5S. The molecule has 1 unspecified atom stereocenters. The molecule has 1 atom stereocenters. The van der Waals surface area contributed by atoms with E-state index in [1.165, 1.54) is 4.31 Å². The minimum atomic E-state index is -3.32. The largest absolute Gasteiger partial charge is 0.479 e. The van der Waals surface area contributed by atoms with Gasteiger partial charge in [-0.2, -0.15) is 4.31 Å². The fraction of sp³-hybridized carbons (Fsp3) is 0.889. The Morgan fingerprint density at radius 1 is 1.56 bits per heavy atom. The lowest BCUT2D eigenvalue weighted by Gasteiger charge is -2.29. The Kier molecular flexibility index (Phi) is 4.69. The molecule has 1 N–H and O–H groups in total. The van der Waals surface area contributed by atoms with Gasteiger partial charge in [0.25, 0.3) is 0 Å². The van der Waals surface area contributed by atoms with E-state index in [9.17, 15) is 13.2 Å². The van der Waals surface area contributed by atoms with Crippen LogP contribution >= 0.6 is 0 Å². The van der Waals surface area contributed by atoms with Crippen molar-refractivity contribution in [2.45, 2.75) is 25.9 Å². The maximum absolute atomic E-state index is 11.8. The van der Waals surface area contributed by atoms with E-state index < -0.39 is 22.1 Å². The molecular weight excluding hydrogens is 234 g/mol. The average Bonchev–Trinajstić information content (AvgIpc) is 2.26. The number of morpholine rings is 1. The Bertz CT molecular complexity index is 340. The number of carbonyl (C=O) groups is 1. The Hall–Kier alpha value is -0.660. The van der Waals surface area contributed by atoms with Crippen LogP contribution in [0.2, 0.25) is 0 Å². The summed E-state index contributed by atoms with van der Waals surface area (Å²) in [7, 11) is -3.32. The van der Waals surface area contributed by atoms with Gasteiger partial charge in [0.1, 0.15) is 0 Å². The van der Waals surface area contributed by atoms with Gasteiger partial charge in [0.2, 0.25) is 10.0 Å². The lowest BCUT2D eigenvalue weighted by Crippen LogP contribution is -2.49. The lowest BCUT2D eigenvalue weighted by molar-refractivity contribution is -0.153. The zero-order valence-corrected chi connectivity index (χ0v) is 10.1. The molecule has 0 aliphatic carbocycles. The van der Waals surface area contributed by atoms with Crippen molar-refractivity contribution in [3.63, 3.8) is 0 Å². The maximum Gasteiger partial charge on any atom is 0.334 e. The van der Waals surface area contributed by atoms with E-state index in [4.69, 9.17) is 9.84 Å². The van der Waals surface area contributed by atoms with E-state index in [-0.39, 0.29) is 25.4 Å². The molecule has 1 aliphatic rings. The second-order valence-electron chi connectivity index (χ2n) is 3.73. The van der Waals surface area contributed by atoms with E-state index in [0.717, 1.165) is 6.42 Å². The molecule has 94 valence electrons. The minimum absolute atomic E-state index is 0.0792. The van der Waals surface area contributed by atoms with Crippen molar-refractivity contribution < 1.29 is 23.1 Å². The third-order valence-corrected chi connectivity index (χ3v) is 4.38. The molecule has 0 aromatic rings. The van der Waals surface area contributed by atoms with Crippen LogP contribution in [0.3, 0.4) is 0 Å². The van der Waals surface area contributed by atoms with Gasteiger partial charge >= 0.3 is 5.97 Å². The SMILES string of the molecule is CCCCS(=O)(=O)N1CCOC(C(=O)O)C1. The van der Waals surface area contributed by atoms with Crippen molar-refractivity contribution in [2.24, 2.45) is 0 Å². The van der Waals surface area contributed by atoms with E-state index in [0.29, 0.717) is 6.42 Å². The zero-order chi connectivity index (χ0) is 12.2. The molecule has 0 aromatic carbocycles. The minimum Gasteiger partial charge on any atom is -0.479 e. The van der Waals surface area contributed by atoms with Crippen LogP contribution in [0, 0.1) is 0 Å². The molecule has 0 amide bonds. The first-order chi connectivity index (χ1) is 7.47. The van der Waals surface area contributed by atoms with Crippen LogP contribution in [0.25, 0.3) is 0 Å². The summed E-state index contributed by atoms with van der Waals surface area (Å²) in [5, 5.41) is 8.75. The second-order valence-corrected chi connectivity index (χ2v) is 5.81. The van der Waals surface area contributed by atoms with E-state index in [2.05, 4.69) is 0 Å². The second kappa shape index (κ2) is 5.60. The number of hydrogen-bond donors (Lipinski definition) is 1. The summed E-state index contributed by atoms with van der Waals surface area (Å²) in [4.78, 5) is 10.7. The van der Waals surface area contributed by atoms with E-state index in [1.54, 1.807) is 0 Å². The Balaban J connectivity index is 2.62. The molecule has 7 heteroatoms. The van der Waals surface area contributed by atoms with Crippen molar-refractivity contribution >= 4 is 16.0 Å². The summed E-state index contributed by atoms with van der Waals surface area (Å²) < 4.78 is 29.8. The predicted molar refractivity (Wildman–Crippen MR) is 57.6 cm³/mol. The topological polar surface area (TPSA) is 83.9 Å². The summed E-state index contributed by atoms with van der Waals surface area (Å²) in [6.45, 7) is 2.22. The van der Waals surface area contributed by atoms with E-state index >= 15 is 0 Å². The number of ether oxygens (including phenoxy) is 1. The summed E-state index contributed by atoms with van der Waals surface area (Å²) >= 11 is 0. The van der Waals surface area contributed by atoms with Gasteiger partial charge < -0.3 is 9.84 Å². The molecule has 0 saturated carbocycles. The van der Waals surface area contributed by atoms with Crippen molar-refractivity contribution in [3.8, 4) is 0 Å². The number of nitrogens with zero attached hydrogens (tertiary/aromatic N) is 1. The van der Waals surface area contributed by atoms with Gasteiger partial charge in [-0.3, -0.25) is 0 Å². The number of unbranched alkanes of at least 4 members (excludes halogenated alkanes) is 1. The lowest BCUT2D eigenvalue weighted by atomic mass is 10.3. The van der Waals surface area contributed by atoms with Crippen molar-refractivity contribution in [1.29, 1.82) is 0 Å². The molecule has 0 aromatic heterocycles. The smallest absolute Gasteiger partial charge is 0.334 e.